The Morgan fingerprint density at radius 2 is 1.83 bits per heavy atom. The number of ether oxygens (including phenoxy) is 4. The molecule has 11 nitrogen and oxygen atoms in total. The fraction of sp³-hybridized carbons (Fsp3) is 0.353. The topological polar surface area (TPSA) is 139 Å². The Morgan fingerprint density at radius 3 is 2.34 bits per heavy atom. The van der Waals surface area contributed by atoms with Gasteiger partial charge in [0.15, 0.2) is 23.2 Å². The number of hydrogen-bond acceptors (Lipinski definition) is 10. The molecule has 0 fully saturated rings. The summed E-state index contributed by atoms with van der Waals surface area (Å²) in [6.45, 7) is -0.526. The predicted octanol–water partition coefficient (Wildman–Crippen LogP) is 2.19. The molecule has 29 heavy (non-hydrogen) atoms. The molecule has 0 bridgehead atoms. The zero-order valence-electron chi connectivity index (χ0n) is 15.9. The number of amides is 1. The molecule has 12 heteroatoms. The summed E-state index contributed by atoms with van der Waals surface area (Å²) >= 11 is 0.704. The lowest BCUT2D eigenvalue weighted by atomic mass is 10.1. The first kappa shape index (κ1) is 21.9. The second kappa shape index (κ2) is 10.2. The third kappa shape index (κ3) is 6.04. The Hall–Kier alpha value is -3.41. The predicted molar refractivity (Wildman–Crippen MR) is 103 cm³/mol. The van der Waals surface area contributed by atoms with Crippen LogP contribution in [0.1, 0.15) is 12.0 Å². The van der Waals surface area contributed by atoms with E-state index >= 15 is 0 Å². The first-order valence-electron chi connectivity index (χ1n) is 8.22. The molecule has 0 aliphatic heterocycles. The zero-order chi connectivity index (χ0) is 21.4. The fourth-order valence-electron chi connectivity index (χ4n) is 2.31. The number of esters is 1. The van der Waals surface area contributed by atoms with Gasteiger partial charge in [0.2, 0.25) is 5.75 Å². The largest absolute Gasteiger partial charge is 0.493 e. The number of aryl methyl sites for hydroxylation is 1. The van der Waals surface area contributed by atoms with Crippen molar-refractivity contribution in [2.24, 2.45) is 0 Å². The molecule has 0 atom stereocenters. The molecule has 0 aliphatic carbocycles. The third-order valence-corrected chi connectivity index (χ3v) is 4.49. The molecule has 0 radical (unpaired) electrons. The van der Waals surface area contributed by atoms with Gasteiger partial charge in [0, 0.05) is 6.42 Å². The summed E-state index contributed by atoms with van der Waals surface area (Å²) < 4.78 is 20.7. The third-order valence-electron chi connectivity index (χ3n) is 3.63. The van der Waals surface area contributed by atoms with Gasteiger partial charge in [-0.2, -0.15) is 0 Å². The molecular formula is C17H19N3O8S. The Morgan fingerprint density at radius 1 is 1.17 bits per heavy atom. The number of hydrogen-bond donors (Lipinski definition) is 1. The number of nitro groups is 1. The highest BCUT2D eigenvalue weighted by molar-refractivity contribution is 7.18. The number of rotatable bonds is 10. The Bertz CT molecular complexity index is 874. The van der Waals surface area contributed by atoms with Crippen molar-refractivity contribution >= 4 is 33.3 Å². The summed E-state index contributed by atoms with van der Waals surface area (Å²) in [4.78, 5) is 37.4. The number of methoxy groups -OCH3 is 3. The lowest BCUT2D eigenvalue weighted by Crippen LogP contribution is -2.20. The first-order valence-corrected chi connectivity index (χ1v) is 9.04. The van der Waals surface area contributed by atoms with Crippen LogP contribution >= 0.6 is 11.3 Å². The molecule has 0 saturated carbocycles. The van der Waals surface area contributed by atoms with E-state index in [-0.39, 0.29) is 16.6 Å². The molecule has 1 aromatic carbocycles. The van der Waals surface area contributed by atoms with Gasteiger partial charge < -0.3 is 18.9 Å². The molecule has 2 aromatic rings. The van der Waals surface area contributed by atoms with E-state index in [1.807, 2.05) is 0 Å². The van der Waals surface area contributed by atoms with E-state index in [0.717, 1.165) is 11.8 Å². The summed E-state index contributed by atoms with van der Waals surface area (Å²) in [7, 11) is 4.47. The van der Waals surface area contributed by atoms with Gasteiger partial charge in [-0.15, -0.1) is 0 Å². The van der Waals surface area contributed by atoms with Crippen molar-refractivity contribution in [2.45, 2.75) is 12.8 Å². The molecule has 2 rings (SSSR count). The summed E-state index contributed by atoms with van der Waals surface area (Å²) in [5.74, 6) is 0.147. The van der Waals surface area contributed by atoms with E-state index in [4.69, 9.17) is 18.9 Å². The molecule has 1 N–H and O–H groups in total. The number of nitrogens with one attached hydrogen (secondary N) is 1. The average molecular weight is 425 g/mol. The molecule has 1 heterocycles. The number of carbonyl (C=O) groups is 2. The van der Waals surface area contributed by atoms with Crippen molar-refractivity contribution in [1.29, 1.82) is 0 Å². The zero-order valence-corrected chi connectivity index (χ0v) is 16.7. The monoisotopic (exact) mass is 425 g/mol. The van der Waals surface area contributed by atoms with Crippen LogP contribution in [-0.4, -0.2) is 49.7 Å². The van der Waals surface area contributed by atoms with Crippen LogP contribution in [0.2, 0.25) is 0 Å². The van der Waals surface area contributed by atoms with E-state index in [2.05, 4.69) is 10.3 Å². The maximum atomic E-state index is 11.9. The van der Waals surface area contributed by atoms with Gasteiger partial charge in [-0.1, -0.05) is 0 Å². The van der Waals surface area contributed by atoms with Crippen molar-refractivity contribution in [2.75, 3.05) is 33.3 Å². The van der Waals surface area contributed by atoms with Gasteiger partial charge >= 0.3 is 11.0 Å². The van der Waals surface area contributed by atoms with Crippen LogP contribution < -0.4 is 19.5 Å². The lowest BCUT2D eigenvalue weighted by Gasteiger charge is -2.14. The van der Waals surface area contributed by atoms with E-state index < -0.39 is 23.4 Å². The number of nitrogens with zero attached hydrogens (tertiary/aromatic N) is 2. The quantitative estimate of drug-likeness (QED) is 0.345. The van der Waals surface area contributed by atoms with E-state index in [1.165, 1.54) is 21.3 Å². The normalized spacial score (nSPS) is 10.2. The van der Waals surface area contributed by atoms with Gasteiger partial charge in [0.25, 0.3) is 5.91 Å². The van der Waals surface area contributed by atoms with Gasteiger partial charge in [0.05, 0.1) is 26.3 Å². The van der Waals surface area contributed by atoms with Crippen molar-refractivity contribution in [3.8, 4) is 17.2 Å². The van der Waals surface area contributed by atoms with Crippen molar-refractivity contribution in [3.63, 3.8) is 0 Å². The molecule has 0 spiro atoms. The first-order chi connectivity index (χ1) is 13.9. The average Bonchev–Trinajstić information content (AvgIpc) is 3.18. The molecule has 0 saturated heterocycles. The van der Waals surface area contributed by atoms with Crippen LogP contribution in [0.5, 0.6) is 17.2 Å². The number of benzene rings is 1. The maximum Gasteiger partial charge on any atom is 0.345 e. The summed E-state index contributed by atoms with van der Waals surface area (Å²) in [6.07, 6.45) is 1.38. The molecule has 1 amide bonds. The lowest BCUT2D eigenvalue weighted by molar-refractivity contribution is -0.380. The second-order valence-electron chi connectivity index (χ2n) is 5.50. The summed E-state index contributed by atoms with van der Waals surface area (Å²) in [6, 6.07) is 3.44. The Balaban J connectivity index is 1.85. The second-order valence-corrected chi connectivity index (χ2v) is 6.51. The number of aromatic nitrogens is 1. The summed E-state index contributed by atoms with van der Waals surface area (Å²) in [5.41, 5.74) is 0.760. The highest BCUT2D eigenvalue weighted by Gasteiger charge is 2.16. The number of carbonyl (C=O) groups excluding carboxylic acids is 2. The van der Waals surface area contributed by atoms with Crippen molar-refractivity contribution in [3.05, 3.63) is 34.0 Å². The minimum Gasteiger partial charge on any atom is -0.493 e. The standard InChI is InChI=1S/C17H19N3O8S/c1-25-11-6-10(7-12(26-2)16(11)27-3)4-5-15(22)28-9-13(21)19-17-18-8-14(29-17)20(23)24/h6-8H,4-5,9H2,1-3H3,(H,18,19,21). The number of thiazole rings is 1. The van der Waals surface area contributed by atoms with Crippen molar-refractivity contribution in [1.82, 2.24) is 4.98 Å². The highest BCUT2D eigenvalue weighted by Crippen LogP contribution is 2.38. The molecule has 156 valence electrons. The van der Waals surface area contributed by atoms with Crippen LogP contribution in [0.15, 0.2) is 18.3 Å². The van der Waals surface area contributed by atoms with Gasteiger partial charge in [-0.3, -0.25) is 25.0 Å². The molecule has 0 unspecified atom stereocenters. The van der Waals surface area contributed by atoms with Crippen LogP contribution in [0.4, 0.5) is 10.1 Å². The van der Waals surface area contributed by atoms with Gasteiger partial charge in [0.1, 0.15) is 6.20 Å². The van der Waals surface area contributed by atoms with Gasteiger partial charge in [-0.25, -0.2) is 4.98 Å². The number of anilines is 1. The summed E-state index contributed by atoms with van der Waals surface area (Å²) in [5, 5.41) is 12.8. The fourth-order valence-corrected chi connectivity index (χ4v) is 2.96. The van der Waals surface area contributed by atoms with Crippen LogP contribution in [0, 0.1) is 10.1 Å². The SMILES string of the molecule is COc1cc(CCC(=O)OCC(=O)Nc2ncc([N+](=O)[O-])s2)cc(OC)c1OC. The van der Waals surface area contributed by atoms with Crippen LogP contribution in [0.25, 0.3) is 0 Å². The maximum absolute atomic E-state index is 11.9. The van der Waals surface area contributed by atoms with E-state index in [9.17, 15) is 19.7 Å². The Kier molecular flexibility index (Phi) is 7.71. The van der Waals surface area contributed by atoms with E-state index in [0.29, 0.717) is 35.0 Å². The smallest absolute Gasteiger partial charge is 0.345 e. The van der Waals surface area contributed by atoms with E-state index in [1.54, 1.807) is 12.1 Å². The minimum absolute atomic E-state index is 0.0225. The van der Waals surface area contributed by atoms with Crippen LogP contribution in [-0.2, 0) is 20.7 Å². The highest BCUT2D eigenvalue weighted by atomic mass is 32.1. The van der Waals surface area contributed by atoms with Gasteiger partial charge in [-0.05, 0) is 35.5 Å². The molecular weight excluding hydrogens is 406 g/mol. The van der Waals surface area contributed by atoms with Crippen LogP contribution in [0.3, 0.4) is 0 Å². The molecule has 0 aliphatic rings. The Labute approximate surface area is 169 Å². The van der Waals surface area contributed by atoms with Crippen molar-refractivity contribution < 1.29 is 33.5 Å². The molecule has 1 aromatic heterocycles. The minimum atomic E-state index is -0.643.